The lowest BCUT2D eigenvalue weighted by Crippen LogP contribution is -2.37. The molecule has 0 bridgehead atoms. The lowest BCUT2D eigenvalue weighted by Gasteiger charge is -2.24. The van der Waals surface area contributed by atoms with Gasteiger partial charge >= 0.3 is 0 Å². The summed E-state index contributed by atoms with van der Waals surface area (Å²) < 4.78 is 0. The SMILES string of the molecule is OCCON(CCN(OCCO)OCCO)OCCO. The van der Waals surface area contributed by atoms with E-state index in [9.17, 15) is 0 Å². The van der Waals surface area contributed by atoms with Crippen molar-refractivity contribution in [3.8, 4) is 0 Å². The molecule has 0 saturated carbocycles. The van der Waals surface area contributed by atoms with Crippen LogP contribution in [0, 0.1) is 0 Å². The van der Waals surface area contributed by atoms with E-state index in [2.05, 4.69) is 0 Å². The van der Waals surface area contributed by atoms with Crippen molar-refractivity contribution in [3.05, 3.63) is 0 Å². The summed E-state index contributed by atoms with van der Waals surface area (Å²) in [6, 6.07) is 0. The molecule has 10 nitrogen and oxygen atoms in total. The van der Waals surface area contributed by atoms with E-state index in [0.29, 0.717) is 0 Å². The van der Waals surface area contributed by atoms with Crippen LogP contribution in [0.3, 0.4) is 0 Å². The van der Waals surface area contributed by atoms with Gasteiger partial charge in [0.25, 0.3) is 0 Å². The van der Waals surface area contributed by atoms with Crippen LogP contribution in [0.1, 0.15) is 0 Å². The van der Waals surface area contributed by atoms with Crippen LogP contribution < -0.4 is 0 Å². The highest BCUT2D eigenvalue weighted by Gasteiger charge is 2.12. The van der Waals surface area contributed by atoms with E-state index >= 15 is 0 Å². The first-order chi connectivity index (χ1) is 9.78. The molecule has 0 unspecified atom stereocenters. The first-order valence-electron chi connectivity index (χ1n) is 6.28. The van der Waals surface area contributed by atoms with Gasteiger partial charge in [-0.05, 0) is 0 Å². The Bertz CT molecular complexity index is 164. The Balaban J connectivity index is 4.05. The number of hydrogen-bond donors (Lipinski definition) is 4. The van der Waals surface area contributed by atoms with E-state index < -0.39 is 0 Å². The third kappa shape index (κ3) is 11.4. The van der Waals surface area contributed by atoms with Crippen molar-refractivity contribution < 1.29 is 39.8 Å². The predicted molar refractivity (Wildman–Crippen MR) is 65.6 cm³/mol. The molecule has 122 valence electrons. The zero-order chi connectivity index (χ0) is 15.1. The van der Waals surface area contributed by atoms with Gasteiger partial charge in [-0.25, -0.2) is 0 Å². The van der Waals surface area contributed by atoms with Gasteiger partial charge in [0.2, 0.25) is 0 Å². The predicted octanol–water partition coefficient (Wildman–Crippen LogP) is -2.71. The van der Waals surface area contributed by atoms with Crippen molar-refractivity contribution in [1.82, 2.24) is 10.5 Å². The van der Waals surface area contributed by atoms with Crippen LogP contribution >= 0.6 is 0 Å². The molecule has 0 radical (unpaired) electrons. The zero-order valence-corrected chi connectivity index (χ0v) is 11.4. The lowest BCUT2D eigenvalue weighted by molar-refractivity contribution is -0.404. The van der Waals surface area contributed by atoms with Crippen LogP contribution in [-0.4, -0.2) is 96.8 Å². The van der Waals surface area contributed by atoms with Gasteiger partial charge < -0.3 is 20.4 Å². The fourth-order valence-corrected chi connectivity index (χ4v) is 1.07. The molecule has 0 saturated heterocycles. The lowest BCUT2D eigenvalue weighted by atomic mass is 10.7. The van der Waals surface area contributed by atoms with Crippen LogP contribution in [-0.2, 0) is 19.4 Å². The summed E-state index contributed by atoms with van der Waals surface area (Å²) in [6.07, 6.45) is 0. The molecule has 4 N–H and O–H groups in total. The molecule has 20 heavy (non-hydrogen) atoms. The molecule has 0 fully saturated rings. The van der Waals surface area contributed by atoms with Crippen molar-refractivity contribution >= 4 is 0 Å². The number of rotatable bonds is 15. The van der Waals surface area contributed by atoms with E-state index in [4.69, 9.17) is 39.8 Å². The fraction of sp³-hybridized carbons (Fsp3) is 1.00. The Hall–Kier alpha value is -0.400. The Morgan fingerprint density at radius 2 is 0.750 bits per heavy atom. The minimum Gasteiger partial charge on any atom is -0.394 e. The first kappa shape index (κ1) is 19.6. The van der Waals surface area contributed by atoms with Crippen LogP contribution in [0.5, 0.6) is 0 Å². The molecule has 0 aliphatic rings. The number of aliphatic hydroxyl groups is 4. The molecule has 0 rings (SSSR count). The molecule has 10 heteroatoms. The molecular weight excluding hydrogens is 276 g/mol. The molecule has 0 aromatic carbocycles. The third-order valence-electron chi connectivity index (χ3n) is 1.77. The van der Waals surface area contributed by atoms with Gasteiger partial charge in [-0.3, -0.25) is 19.4 Å². The maximum absolute atomic E-state index is 8.68. The van der Waals surface area contributed by atoms with Crippen molar-refractivity contribution in [2.75, 3.05) is 65.9 Å². The van der Waals surface area contributed by atoms with E-state index in [0.717, 1.165) is 10.5 Å². The molecule has 0 aromatic rings. The largest absolute Gasteiger partial charge is 0.394 e. The molecular formula is C10H24N2O8. The topological polar surface area (TPSA) is 124 Å². The molecule has 0 amide bonds. The Kier molecular flexibility index (Phi) is 14.7. The number of hydroxylamine groups is 4. The third-order valence-corrected chi connectivity index (χ3v) is 1.77. The van der Waals surface area contributed by atoms with Crippen LogP contribution in [0.2, 0.25) is 0 Å². The summed E-state index contributed by atoms with van der Waals surface area (Å²) in [5, 5.41) is 36.9. The highest BCUT2D eigenvalue weighted by atomic mass is 17.0. The Morgan fingerprint density at radius 3 is 0.950 bits per heavy atom. The summed E-state index contributed by atoms with van der Waals surface area (Å²) in [6.45, 7) is -0.152. The minimum atomic E-state index is -0.176. The average molecular weight is 300 g/mol. The Labute approximate surface area is 117 Å². The molecule has 0 aliphatic carbocycles. The smallest absolute Gasteiger partial charge is 0.0942 e. The fourth-order valence-electron chi connectivity index (χ4n) is 1.07. The molecule has 0 spiro atoms. The van der Waals surface area contributed by atoms with Gasteiger partial charge in [0.05, 0.1) is 65.9 Å². The molecule has 0 heterocycles. The summed E-state index contributed by atoms with van der Waals surface area (Å²) in [7, 11) is 0. The van der Waals surface area contributed by atoms with E-state index in [1.165, 1.54) is 0 Å². The van der Waals surface area contributed by atoms with E-state index in [1.54, 1.807) is 0 Å². The van der Waals surface area contributed by atoms with Crippen molar-refractivity contribution in [1.29, 1.82) is 0 Å². The van der Waals surface area contributed by atoms with Crippen LogP contribution in [0.4, 0.5) is 0 Å². The summed E-state index contributed by atoms with van der Waals surface area (Å²) >= 11 is 0. The van der Waals surface area contributed by atoms with E-state index in [1.807, 2.05) is 0 Å². The van der Waals surface area contributed by atoms with Gasteiger partial charge in [-0.2, -0.15) is 0 Å². The maximum Gasteiger partial charge on any atom is 0.0942 e. The molecule has 0 atom stereocenters. The quantitative estimate of drug-likeness (QED) is 0.237. The van der Waals surface area contributed by atoms with E-state index in [-0.39, 0.29) is 65.9 Å². The number of nitrogens with zero attached hydrogens (tertiary/aromatic N) is 2. The minimum absolute atomic E-state index is 0.0421. The monoisotopic (exact) mass is 300 g/mol. The van der Waals surface area contributed by atoms with Crippen LogP contribution in [0.25, 0.3) is 0 Å². The van der Waals surface area contributed by atoms with Crippen molar-refractivity contribution in [2.24, 2.45) is 0 Å². The second kappa shape index (κ2) is 15.0. The van der Waals surface area contributed by atoms with Gasteiger partial charge in [0.15, 0.2) is 0 Å². The molecule has 0 aromatic heterocycles. The van der Waals surface area contributed by atoms with Gasteiger partial charge in [0, 0.05) is 0 Å². The van der Waals surface area contributed by atoms with Gasteiger partial charge in [-0.1, -0.05) is 10.5 Å². The highest BCUT2D eigenvalue weighted by molar-refractivity contribution is 4.39. The number of hydrogen-bond acceptors (Lipinski definition) is 10. The maximum atomic E-state index is 8.68. The summed E-state index contributed by atoms with van der Waals surface area (Å²) in [4.78, 5) is 20.3. The average Bonchev–Trinajstić information content (AvgIpc) is 2.48. The first-order valence-corrected chi connectivity index (χ1v) is 6.28. The standard InChI is InChI=1S/C10H24N2O8/c13-3-7-17-11(18-8-4-14)1-2-12(19-9-5-15)20-10-6-16/h13-16H,1-10H2. The number of aliphatic hydroxyl groups excluding tert-OH is 4. The van der Waals surface area contributed by atoms with Gasteiger partial charge in [-0.15, -0.1) is 0 Å². The molecule has 0 aliphatic heterocycles. The van der Waals surface area contributed by atoms with Crippen molar-refractivity contribution in [2.45, 2.75) is 0 Å². The van der Waals surface area contributed by atoms with Crippen molar-refractivity contribution in [3.63, 3.8) is 0 Å². The highest BCUT2D eigenvalue weighted by Crippen LogP contribution is 1.98. The normalized spacial score (nSPS) is 11.7. The summed E-state index contributed by atoms with van der Waals surface area (Å²) in [5.41, 5.74) is 0. The zero-order valence-electron chi connectivity index (χ0n) is 11.4. The Morgan fingerprint density at radius 1 is 0.500 bits per heavy atom. The van der Waals surface area contributed by atoms with Gasteiger partial charge in [0.1, 0.15) is 0 Å². The summed E-state index contributed by atoms with van der Waals surface area (Å²) in [5.74, 6) is 0. The van der Waals surface area contributed by atoms with Crippen LogP contribution in [0.15, 0.2) is 0 Å². The second-order valence-corrected chi connectivity index (χ2v) is 3.34. The second-order valence-electron chi connectivity index (χ2n) is 3.34.